The average Bonchev–Trinajstić information content (AvgIpc) is 3.37. The van der Waals surface area contributed by atoms with Crippen LogP contribution in [0.3, 0.4) is 0 Å². The minimum absolute atomic E-state index is 0.00328. The van der Waals surface area contributed by atoms with E-state index in [9.17, 15) is 19.1 Å². The van der Waals surface area contributed by atoms with Crippen molar-refractivity contribution in [2.24, 2.45) is 4.99 Å². The standard InChI is InChI=1S/C30H27ClFIN5O5/c1-15(33-3)14-42-23-11-8-17(28(40)41)12-22(23)35-27(39)25-16(2)34-29(37-26(25)19-6-4-5-7-20(19)31)38-30-36-21-10-9-18(32)13-24(21)43-30/h4-13,15,26H,14H2,1-3H3,(H,35,39)(H,40,41)(H2,34,36,37,38)/q-1/t15-,26?/m1/s1. The molecule has 1 unspecified atom stereocenters. The zero-order valence-corrected chi connectivity index (χ0v) is 26.2. The van der Waals surface area contributed by atoms with E-state index in [2.05, 4.69) is 32.8 Å². The minimum atomic E-state index is -1.14. The molecular weight excluding hydrogens is 692 g/mol. The number of aromatic nitrogens is 1. The van der Waals surface area contributed by atoms with Crippen molar-refractivity contribution >= 4 is 52.2 Å². The van der Waals surface area contributed by atoms with Crippen LogP contribution >= 0.6 is 11.6 Å². The Balaban J connectivity index is 1.48. The Kier molecular flexibility index (Phi) is 9.16. The number of amides is 1. The summed E-state index contributed by atoms with van der Waals surface area (Å²) in [7, 11) is 0. The average molecular weight is 719 g/mol. The number of oxazole rings is 1. The van der Waals surface area contributed by atoms with E-state index in [0.717, 1.165) is 0 Å². The molecule has 0 saturated heterocycles. The molecule has 0 fully saturated rings. The zero-order chi connectivity index (χ0) is 30.7. The molecule has 0 saturated carbocycles. The summed E-state index contributed by atoms with van der Waals surface area (Å²) in [6.07, 6.45) is 0. The fraction of sp³-hybridized carbons (Fsp3) is 0.200. The number of aliphatic imine (C=N–C) groups is 1. The van der Waals surface area contributed by atoms with E-state index in [4.69, 9.17) is 25.7 Å². The summed E-state index contributed by atoms with van der Waals surface area (Å²) < 4.78 is 25.6. The molecule has 4 aromatic rings. The number of carboxylic acid groups (broad SMARTS) is 1. The van der Waals surface area contributed by atoms with Gasteiger partial charge < -0.3 is 4.42 Å². The molecule has 1 aliphatic rings. The Morgan fingerprint density at radius 3 is 2.74 bits per heavy atom. The quantitative estimate of drug-likeness (QED) is 0.153. The number of alkyl halides is 2. The Bertz CT molecular complexity index is 1770. The van der Waals surface area contributed by atoms with Crippen molar-refractivity contribution in [2.45, 2.75) is 23.8 Å². The van der Waals surface area contributed by atoms with E-state index < -0.39 is 23.7 Å². The Hall–Kier alpha value is -4.17. The summed E-state index contributed by atoms with van der Waals surface area (Å²) in [5.74, 6) is -1.54. The number of ether oxygens (including phenoxy) is 1. The fourth-order valence-corrected chi connectivity index (χ4v) is 5.13. The van der Waals surface area contributed by atoms with Crippen LogP contribution in [0.1, 0.15) is 35.8 Å². The number of carbonyl (C=O) groups excluding carboxylic acids is 1. The molecule has 1 aromatic heterocycles. The number of nitrogens with zero attached hydrogens (tertiary/aromatic N) is 2. The first-order valence-electron chi connectivity index (χ1n) is 13.1. The van der Waals surface area contributed by atoms with Gasteiger partial charge in [0.15, 0.2) is 5.58 Å². The molecule has 0 radical (unpaired) electrons. The van der Waals surface area contributed by atoms with E-state index >= 15 is 0 Å². The van der Waals surface area contributed by atoms with Gasteiger partial charge in [-0.15, -0.1) is 0 Å². The molecule has 224 valence electrons. The summed E-state index contributed by atoms with van der Waals surface area (Å²) >= 11 is 6.50. The van der Waals surface area contributed by atoms with Gasteiger partial charge in [0.1, 0.15) is 11.3 Å². The number of carboxylic acids is 1. The topological polar surface area (TPSA) is 138 Å². The second-order valence-corrected chi connectivity index (χ2v) is 13.4. The number of allylic oxidation sites excluding steroid dienone is 1. The molecule has 43 heavy (non-hydrogen) atoms. The number of benzene rings is 3. The van der Waals surface area contributed by atoms with Crippen LogP contribution in [0.25, 0.3) is 11.1 Å². The molecule has 2 atom stereocenters. The molecule has 10 nitrogen and oxygen atoms in total. The number of hydrogen-bond donors (Lipinski definition) is 4. The first-order chi connectivity index (χ1) is 20.6. The van der Waals surface area contributed by atoms with Gasteiger partial charge in [0, 0.05) is 6.07 Å². The van der Waals surface area contributed by atoms with Crippen molar-refractivity contribution in [3.63, 3.8) is 0 Å². The van der Waals surface area contributed by atoms with Crippen molar-refractivity contribution < 1.29 is 49.4 Å². The summed E-state index contributed by atoms with van der Waals surface area (Å²) in [4.78, 5) is 36.8. The molecule has 3 aromatic carbocycles. The fourth-order valence-electron chi connectivity index (χ4n) is 4.35. The van der Waals surface area contributed by atoms with Crippen LogP contribution in [0.15, 0.2) is 81.3 Å². The van der Waals surface area contributed by atoms with Gasteiger partial charge in [0.05, 0.1) is 0 Å². The van der Waals surface area contributed by atoms with Crippen LogP contribution in [-0.2, 0) is 4.79 Å². The molecule has 0 spiro atoms. The zero-order valence-electron chi connectivity index (χ0n) is 23.2. The number of hydrogen-bond acceptors (Lipinski definition) is 8. The number of anilines is 2. The number of fused-ring (bicyclic) bond motifs is 1. The third-order valence-corrected chi connectivity index (χ3v) is 9.41. The second kappa shape index (κ2) is 13.0. The van der Waals surface area contributed by atoms with Crippen LogP contribution in [0.2, 0.25) is 5.02 Å². The Morgan fingerprint density at radius 2 is 2.00 bits per heavy atom. The number of guanidine groups is 1. The molecule has 0 aliphatic carbocycles. The maximum atomic E-state index is 13.9. The van der Waals surface area contributed by atoms with Crippen LogP contribution in [0.5, 0.6) is 5.75 Å². The third-order valence-electron chi connectivity index (χ3n) is 6.58. The van der Waals surface area contributed by atoms with Crippen LogP contribution < -0.4 is 41.9 Å². The second-order valence-electron chi connectivity index (χ2n) is 9.60. The first kappa shape index (κ1) is 30.3. The Morgan fingerprint density at radius 1 is 1.21 bits per heavy atom. The monoisotopic (exact) mass is 718 g/mol. The SMILES string of the molecule is C[I-][C@H](C)COc1ccc(C(=O)O)cc1NC(=O)C1=C(C)NC(Nc2nc3ccc(F)cc3o2)=NC1c1ccccc1Cl. The van der Waals surface area contributed by atoms with Gasteiger partial charge in [0.25, 0.3) is 0 Å². The number of aromatic carboxylic acids is 1. The normalized spacial score (nSPS) is 15.6. The van der Waals surface area contributed by atoms with Crippen molar-refractivity contribution in [3.05, 3.63) is 93.9 Å². The molecule has 1 aliphatic heterocycles. The van der Waals surface area contributed by atoms with Gasteiger partial charge in [0.2, 0.25) is 0 Å². The van der Waals surface area contributed by atoms with Crippen molar-refractivity contribution in [1.82, 2.24) is 10.3 Å². The maximum absolute atomic E-state index is 13.9. The summed E-state index contributed by atoms with van der Waals surface area (Å²) in [5, 5.41) is 18.8. The van der Waals surface area contributed by atoms with Gasteiger partial charge in [-0.25, -0.2) is 4.39 Å². The number of nitrogens with one attached hydrogen (secondary N) is 3. The van der Waals surface area contributed by atoms with Crippen molar-refractivity contribution in [2.75, 3.05) is 22.2 Å². The summed E-state index contributed by atoms with van der Waals surface area (Å²) in [6.45, 7) is 4.22. The van der Waals surface area contributed by atoms with E-state index in [0.29, 0.717) is 38.1 Å². The van der Waals surface area contributed by atoms with E-state index in [1.165, 1.54) is 36.4 Å². The third kappa shape index (κ3) is 6.91. The Labute approximate surface area is 261 Å². The molecule has 5 rings (SSSR count). The first-order valence-corrected chi connectivity index (χ1v) is 16.8. The van der Waals surface area contributed by atoms with E-state index in [-0.39, 0.29) is 55.6 Å². The van der Waals surface area contributed by atoms with Crippen LogP contribution in [0.4, 0.5) is 16.1 Å². The summed E-state index contributed by atoms with van der Waals surface area (Å²) in [5.41, 5.74) is 2.18. The van der Waals surface area contributed by atoms with E-state index in [1.54, 1.807) is 31.2 Å². The molecular formula is C30H27ClFIN5O5-. The van der Waals surface area contributed by atoms with Gasteiger partial charge in [-0.3, -0.25) is 0 Å². The van der Waals surface area contributed by atoms with Crippen molar-refractivity contribution in [1.29, 1.82) is 0 Å². The van der Waals surface area contributed by atoms with E-state index in [1.807, 2.05) is 0 Å². The van der Waals surface area contributed by atoms with Crippen molar-refractivity contribution in [3.8, 4) is 5.75 Å². The summed E-state index contributed by atoms with van der Waals surface area (Å²) in [6, 6.07) is 14.6. The predicted octanol–water partition coefficient (Wildman–Crippen LogP) is 2.83. The molecule has 1 amide bonds. The number of rotatable bonds is 9. The van der Waals surface area contributed by atoms with Gasteiger partial charge in [-0.1, -0.05) is 6.07 Å². The molecule has 0 bridgehead atoms. The van der Waals surface area contributed by atoms with Crippen LogP contribution in [-0.4, -0.2) is 43.4 Å². The number of carbonyl (C=O) groups is 2. The van der Waals surface area contributed by atoms with Crippen LogP contribution in [0, 0.1) is 5.82 Å². The molecule has 13 heteroatoms. The van der Waals surface area contributed by atoms with Gasteiger partial charge in [-0.05, 0) is 12.1 Å². The molecule has 4 N–H and O–H groups in total. The molecule has 2 heterocycles. The van der Waals surface area contributed by atoms with Gasteiger partial charge >= 0.3 is 208 Å². The number of halogens is 3. The van der Waals surface area contributed by atoms with Gasteiger partial charge in [-0.2, -0.15) is 4.98 Å². The predicted molar refractivity (Wildman–Crippen MR) is 158 cm³/mol.